The van der Waals surface area contributed by atoms with E-state index in [2.05, 4.69) is 5.32 Å². The Morgan fingerprint density at radius 3 is 2.67 bits per heavy atom. The van der Waals surface area contributed by atoms with Gasteiger partial charge in [-0.05, 0) is 37.8 Å². The van der Waals surface area contributed by atoms with E-state index in [1.165, 1.54) is 6.07 Å². The van der Waals surface area contributed by atoms with E-state index < -0.39 is 9.05 Å². The van der Waals surface area contributed by atoms with Crippen LogP contribution in [0.5, 0.6) is 0 Å². The quantitative estimate of drug-likeness (QED) is 0.765. The van der Waals surface area contributed by atoms with Gasteiger partial charge in [0.05, 0.1) is 12.0 Å². The van der Waals surface area contributed by atoms with E-state index in [9.17, 15) is 13.2 Å². The molecule has 5 nitrogen and oxygen atoms in total. The molecule has 21 heavy (non-hydrogen) atoms. The predicted molar refractivity (Wildman–Crippen MR) is 82.3 cm³/mol. The molecule has 0 radical (unpaired) electrons. The lowest BCUT2D eigenvalue weighted by molar-refractivity contribution is -0.134. The monoisotopic (exact) mass is 351 g/mol. The molecule has 1 N–H and O–H groups in total. The number of amides is 1. The van der Waals surface area contributed by atoms with Crippen molar-refractivity contribution < 1.29 is 17.9 Å². The predicted octanol–water partition coefficient (Wildman–Crippen LogP) is 2.29. The van der Waals surface area contributed by atoms with E-state index >= 15 is 0 Å². The zero-order valence-corrected chi connectivity index (χ0v) is 14.1. The number of ether oxygens (including phenoxy) is 1. The highest BCUT2D eigenvalue weighted by molar-refractivity contribution is 8.15. The van der Waals surface area contributed by atoms with Crippen LogP contribution in [0.2, 0.25) is 0 Å². The smallest absolute Gasteiger partial charge is 0.270 e. The second-order valence-electron chi connectivity index (χ2n) is 5.18. The molecule has 0 atom stereocenters. The number of halogens is 1. The number of carbonyl (C=O) groups is 1. The Balaban J connectivity index is 1.76. The van der Waals surface area contributed by atoms with Crippen LogP contribution >= 0.6 is 22.0 Å². The van der Waals surface area contributed by atoms with Crippen molar-refractivity contribution in [3.05, 3.63) is 17.0 Å². The van der Waals surface area contributed by atoms with Crippen molar-refractivity contribution >= 4 is 37.0 Å². The minimum atomic E-state index is -3.66. The Labute approximate surface area is 133 Å². The molecule has 0 aliphatic heterocycles. The molecule has 0 bridgehead atoms. The van der Waals surface area contributed by atoms with Crippen molar-refractivity contribution in [2.24, 2.45) is 0 Å². The van der Waals surface area contributed by atoms with Crippen molar-refractivity contribution in [3.8, 4) is 0 Å². The van der Waals surface area contributed by atoms with Crippen molar-refractivity contribution in [2.75, 3.05) is 13.7 Å². The first-order valence-electron chi connectivity index (χ1n) is 6.70. The highest BCUT2D eigenvalue weighted by atomic mass is 35.7. The molecule has 1 heterocycles. The number of hydrogen-bond donors (Lipinski definition) is 1. The molecule has 1 amide bonds. The Kier molecular flexibility index (Phi) is 5.29. The second-order valence-corrected chi connectivity index (χ2v) is 9.14. The lowest BCUT2D eigenvalue weighted by atomic mass is 9.77. The standard InChI is InChI=1S/C13H18ClNO4S2/c1-19-13(6-2-7-13)9-11(16)15-8-5-10-3-4-12(20-10)21(14,17)18/h3-4H,2,5-9H2,1H3,(H,15,16). The van der Waals surface area contributed by atoms with Crippen molar-refractivity contribution in [1.82, 2.24) is 5.32 Å². The second kappa shape index (κ2) is 6.64. The molecule has 2 rings (SSSR count). The normalized spacial score (nSPS) is 17.2. The van der Waals surface area contributed by atoms with Crippen molar-refractivity contribution in [2.45, 2.75) is 41.9 Å². The lowest BCUT2D eigenvalue weighted by Crippen LogP contribution is -2.44. The maximum Gasteiger partial charge on any atom is 0.270 e. The van der Waals surface area contributed by atoms with E-state index in [4.69, 9.17) is 15.4 Å². The van der Waals surface area contributed by atoms with Crippen LogP contribution < -0.4 is 5.32 Å². The largest absolute Gasteiger partial charge is 0.378 e. The van der Waals surface area contributed by atoms with Gasteiger partial charge in [-0.25, -0.2) is 8.42 Å². The number of methoxy groups -OCH3 is 1. The van der Waals surface area contributed by atoms with Gasteiger partial charge >= 0.3 is 0 Å². The number of rotatable bonds is 7. The summed E-state index contributed by atoms with van der Waals surface area (Å²) in [5.74, 6) is -0.0294. The molecule has 1 saturated carbocycles. The molecule has 118 valence electrons. The van der Waals surface area contributed by atoms with Gasteiger partial charge in [-0.1, -0.05) is 0 Å². The summed E-state index contributed by atoms with van der Waals surface area (Å²) in [6.07, 6.45) is 3.93. The van der Waals surface area contributed by atoms with Crippen molar-refractivity contribution in [1.29, 1.82) is 0 Å². The maximum atomic E-state index is 11.9. The van der Waals surface area contributed by atoms with Crippen LogP contribution in [-0.2, 0) is 25.0 Å². The summed E-state index contributed by atoms with van der Waals surface area (Å²) >= 11 is 1.13. The Morgan fingerprint density at radius 1 is 1.48 bits per heavy atom. The zero-order valence-electron chi connectivity index (χ0n) is 11.7. The van der Waals surface area contributed by atoms with Crippen LogP contribution in [0, 0.1) is 0 Å². The average Bonchev–Trinajstić information content (AvgIpc) is 2.82. The van der Waals surface area contributed by atoms with Crippen molar-refractivity contribution in [3.63, 3.8) is 0 Å². The summed E-state index contributed by atoms with van der Waals surface area (Å²) in [6, 6.07) is 3.20. The number of nitrogens with one attached hydrogen (secondary N) is 1. The fourth-order valence-corrected chi connectivity index (χ4v) is 4.45. The van der Waals surface area contributed by atoms with E-state index in [0.717, 1.165) is 35.5 Å². The summed E-state index contributed by atoms with van der Waals surface area (Å²) in [5, 5.41) is 2.84. The summed E-state index contributed by atoms with van der Waals surface area (Å²) in [4.78, 5) is 12.7. The molecule has 0 unspecified atom stereocenters. The molecule has 1 fully saturated rings. The van der Waals surface area contributed by atoms with Crippen LogP contribution in [0.15, 0.2) is 16.3 Å². The minimum Gasteiger partial charge on any atom is -0.378 e. The molecule has 1 aliphatic rings. The SMILES string of the molecule is COC1(CC(=O)NCCc2ccc(S(=O)(=O)Cl)s2)CCC1. The first kappa shape index (κ1) is 16.7. The van der Waals surface area contributed by atoms with Gasteiger partial charge in [-0.15, -0.1) is 11.3 Å². The van der Waals surface area contributed by atoms with Gasteiger partial charge in [0.2, 0.25) is 5.91 Å². The Morgan fingerprint density at radius 2 is 2.19 bits per heavy atom. The van der Waals surface area contributed by atoms with Gasteiger partial charge in [0, 0.05) is 29.2 Å². The molecule has 0 spiro atoms. The molecule has 1 aromatic rings. The van der Waals surface area contributed by atoms with E-state index in [-0.39, 0.29) is 15.7 Å². The van der Waals surface area contributed by atoms with Gasteiger partial charge < -0.3 is 10.1 Å². The fraction of sp³-hybridized carbons (Fsp3) is 0.615. The third kappa shape index (κ3) is 4.42. The van der Waals surface area contributed by atoms with Crippen LogP contribution in [0.4, 0.5) is 0 Å². The van der Waals surface area contributed by atoms with Gasteiger partial charge in [-0.2, -0.15) is 0 Å². The number of thiophene rings is 1. The summed E-state index contributed by atoms with van der Waals surface area (Å²) in [5.41, 5.74) is -0.271. The molecule has 8 heteroatoms. The third-order valence-corrected chi connectivity index (χ3v) is 6.99. The van der Waals surface area contributed by atoms with Crippen LogP contribution in [0.25, 0.3) is 0 Å². The molecule has 0 aromatic carbocycles. The van der Waals surface area contributed by atoms with Gasteiger partial charge in [0.25, 0.3) is 9.05 Å². The van der Waals surface area contributed by atoms with E-state index in [1.54, 1.807) is 13.2 Å². The fourth-order valence-electron chi connectivity index (χ4n) is 2.33. The molecule has 1 aliphatic carbocycles. The summed E-state index contributed by atoms with van der Waals surface area (Å²) < 4.78 is 27.8. The summed E-state index contributed by atoms with van der Waals surface area (Å²) in [7, 11) is 3.25. The molecule has 0 saturated heterocycles. The van der Waals surface area contributed by atoms with Crippen LogP contribution in [0.1, 0.15) is 30.6 Å². The van der Waals surface area contributed by atoms with Gasteiger partial charge in [0.15, 0.2) is 0 Å². The van der Waals surface area contributed by atoms with E-state index in [1.807, 2.05) is 0 Å². The number of carbonyl (C=O) groups excluding carboxylic acids is 1. The zero-order chi connectivity index (χ0) is 15.5. The maximum absolute atomic E-state index is 11.9. The van der Waals surface area contributed by atoms with Gasteiger partial charge in [-0.3, -0.25) is 4.79 Å². The Hall–Kier alpha value is -0.630. The minimum absolute atomic E-state index is 0.0294. The highest BCUT2D eigenvalue weighted by Gasteiger charge is 2.38. The number of hydrogen-bond acceptors (Lipinski definition) is 5. The van der Waals surface area contributed by atoms with Crippen LogP contribution in [0.3, 0.4) is 0 Å². The van der Waals surface area contributed by atoms with Crippen LogP contribution in [-0.4, -0.2) is 33.6 Å². The third-order valence-electron chi connectivity index (χ3n) is 3.75. The lowest BCUT2D eigenvalue weighted by Gasteiger charge is -2.39. The first-order valence-corrected chi connectivity index (χ1v) is 9.82. The molecular formula is C13H18ClNO4S2. The first-order chi connectivity index (χ1) is 9.85. The average molecular weight is 352 g/mol. The van der Waals surface area contributed by atoms with E-state index in [0.29, 0.717) is 19.4 Å². The molecule has 1 aromatic heterocycles. The summed E-state index contributed by atoms with van der Waals surface area (Å²) in [6.45, 7) is 0.473. The Bertz CT molecular complexity index is 602. The topological polar surface area (TPSA) is 72.5 Å². The highest BCUT2D eigenvalue weighted by Crippen LogP contribution is 2.37. The molecular weight excluding hydrogens is 334 g/mol. The van der Waals surface area contributed by atoms with Gasteiger partial charge in [0.1, 0.15) is 4.21 Å².